The zero-order valence-electron chi connectivity index (χ0n) is 55.5. The van der Waals surface area contributed by atoms with Crippen LogP contribution in [0.15, 0.2) is 103 Å². The van der Waals surface area contributed by atoms with E-state index in [2.05, 4.69) is 31.6 Å². The highest BCUT2D eigenvalue weighted by atomic mass is 32.2. The van der Waals surface area contributed by atoms with E-state index in [0.29, 0.717) is 11.1 Å². The zero-order chi connectivity index (χ0) is 69.9. The van der Waals surface area contributed by atoms with E-state index >= 15 is 4.79 Å². The summed E-state index contributed by atoms with van der Waals surface area (Å²) in [5.41, 5.74) is 6.98. The third kappa shape index (κ3) is 21.0. The van der Waals surface area contributed by atoms with Crippen LogP contribution >= 0.6 is 0 Å². The molecule has 10 N–H and O–H groups in total. The monoisotopic (exact) mass is 1370 g/mol. The van der Waals surface area contributed by atoms with Gasteiger partial charge in [0.25, 0.3) is 11.8 Å². The number of amides is 8. The van der Waals surface area contributed by atoms with Crippen LogP contribution < -0.4 is 42.3 Å². The van der Waals surface area contributed by atoms with Crippen LogP contribution in [0, 0.1) is 10.8 Å². The van der Waals surface area contributed by atoms with Crippen LogP contribution in [0.2, 0.25) is 0 Å². The van der Waals surface area contributed by atoms with E-state index in [1.54, 1.807) is 0 Å². The zero-order valence-corrected chi connectivity index (χ0v) is 57.2. The van der Waals surface area contributed by atoms with Gasteiger partial charge in [-0.05, 0) is 82.0 Å². The number of ether oxygens (including phenoxy) is 2. The van der Waals surface area contributed by atoms with Gasteiger partial charge in [0, 0.05) is 58.1 Å². The van der Waals surface area contributed by atoms with Gasteiger partial charge in [-0.25, -0.2) is 27.4 Å². The minimum atomic E-state index is -4.13. The molecule has 5 aromatic rings. The number of likely N-dealkylation sites (tertiary alicyclic amines) is 2. The SMILES string of the molecule is CC(C)(C)CC(=O)N1CC[C@H]2OC/C(N)=C/N(N)[C@H](C(=O)NS(C)(=O)=O)CCCNC(=O)[C@H](Cc3ccc4ccccc4c3)NC(=O)[C@@H]3[C@@H](CCN3C(=O)CC(C)(C)C)OCc3cn(nn3)[C@H](C(=O)NS(C)(=O)=O)CCCNC(=O)[C@H](Cc3ccc4ccccc4c3)NC(=O)[C@H]21. The molecule has 0 radical (unpaired) electrons. The predicted molar refractivity (Wildman–Crippen MR) is 357 cm³/mol. The van der Waals surface area contributed by atoms with E-state index in [1.807, 2.05) is 136 Å². The molecule has 30 heteroatoms. The van der Waals surface area contributed by atoms with E-state index < -0.39 is 121 Å². The molecule has 2 saturated heterocycles. The van der Waals surface area contributed by atoms with E-state index in [-0.39, 0.29) is 120 Å². The quantitative estimate of drug-likeness (QED) is 0.0929. The maximum Gasteiger partial charge on any atom is 0.258 e. The number of aromatic nitrogens is 3. The van der Waals surface area contributed by atoms with Crippen LogP contribution in [0.25, 0.3) is 21.5 Å². The molecule has 8 atom stereocenters. The number of carbonyl (C=O) groups is 8. The molecule has 0 unspecified atom stereocenters. The lowest BCUT2D eigenvalue weighted by atomic mass is 9.91. The van der Waals surface area contributed by atoms with E-state index in [1.165, 1.54) is 16.0 Å². The maximum atomic E-state index is 15.0. The number of rotatable bonds is 10. The smallest absolute Gasteiger partial charge is 0.258 e. The predicted octanol–water partition coefficient (Wildman–Crippen LogP) is 2.23. The number of hydrogen-bond acceptors (Lipinski definition) is 19. The molecule has 3 aliphatic rings. The summed E-state index contributed by atoms with van der Waals surface area (Å²) >= 11 is 0. The molecule has 1 aromatic heterocycles. The minimum absolute atomic E-state index is 0.0146. The largest absolute Gasteiger partial charge is 0.399 e. The lowest BCUT2D eigenvalue weighted by Crippen LogP contribution is -2.56. The van der Waals surface area contributed by atoms with E-state index in [4.69, 9.17) is 21.1 Å². The number of nitrogens with zero attached hydrogens (tertiary/aromatic N) is 6. The second-order valence-corrected chi connectivity index (χ2v) is 30.9. The van der Waals surface area contributed by atoms with Gasteiger partial charge in [-0.2, -0.15) is 0 Å². The highest BCUT2D eigenvalue weighted by Crippen LogP contribution is 2.30. The van der Waals surface area contributed by atoms with Crippen molar-refractivity contribution in [3.8, 4) is 0 Å². The van der Waals surface area contributed by atoms with E-state index in [9.17, 15) is 50.4 Å². The van der Waals surface area contributed by atoms with Gasteiger partial charge in [0.1, 0.15) is 41.9 Å². The molecule has 4 aromatic carbocycles. The number of fused-ring (bicyclic) bond motifs is 6. The van der Waals surface area contributed by atoms with Crippen molar-refractivity contribution in [1.29, 1.82) is 0 Å². The second kappa shape index (κ2) is 31.5. The molecule has 520 valence electrons. The summed E-state index contributed by atoms with van der Waals surface area (Å²) < 4.78 is 67.9. The molecule has 2 fully saturated rings. The maximum absolute atomic E-state index is 15.0. The Morgan fingerprint density at radius 1 is 0.594 bits per heavy atom. The van der Waals surface area contributed by atoms with Gasteiger partial charge < -0.3 is 51.3 Å². The molecular formula is C66H90N14O14S2. The Morgan fingerprint density at radius 3 is 1.47 bits per heavy atom. The first kappa shape index (κ1) is 73.2. The molecule has 4 heterocycles. The minimum Gasteiger partial charge on any atom is -0.399 e. The Bertz CT molecular complexity index is 3940. The average molecular weight is 1370 g/mol. The summed E-state index contributed by atoms with van der Waals surface area (Å²) in [5, 5.41) is 24.5. The molecule has 0 saturated carbocycles. The average Bonchev–Trinajstić information content (AvgIpc) is 1.82. The molecule has 8 amide bonds. The number of nitrogens with two attached hydrogens (primary N) is 2. The highest BCUT2D eigenvalue weighted by molar-refractivity contribution is 7.89. The second-order valence-electron chi connectivity index (χ2n) is 27.4. The van der Waals surface area contributed by atoms with Crippen LogP contribution in [-0.4, -0.2) is 182 Å². The number of sulfonamides is 2. The fourth-order valence-corrected chi connectivity index (χ4v) is 13.1. The Hall–Kier alpha value is -8.58. The molecule has 2 bridgehead atoms. The first-order valence-corrected chi connectivity index (χ1v) is 35.8. The summed E-state index contributed by atoms with van der Waals surface area (Å²) in [6, 6.07) is 18.6. The Kier molecular flexibility index (Phi) is 24.1. The highest BCUT2D eigenvalue weighted by Gasteiger charge is 2.46. The first-order valence-electron chi connectivity index (χ1n) is 32.0. The van der Waals surface area contributed by atoms with Crippen molar-refractivity contribution in [2.45, 2.75) is 161 Å². The van der Waals surface area contributed by atoms with Crippen molar-refractivity contribution in [2.75, 3.05) is 45.3 Å². The third-order valence-corrected chi connectivity index (χ3v) is 17.7. The van der Waals surface area contributed by atoms with Crippen molar-refractivity contribution >= 4 is 88.8 Å². The van der Waals surface area contributed by atoms with Gasteiger partial charge in [0.15, 0.2) is 0 Å². The van der Waals surface area contributed by atoms with Crippen molar-refractivity contribution in [3.05, 3.63) is 120 Å². The van der Waals surface area contributed by atoms with Crippen LogP contribution in [0.3, 0.4) is 0 Å². The summed E-state index contributed by atoms with van der Waals surface area (Å²) in [4.78, 5) is 118. The van der Waals surface area contributed by atoms with Gasteiger partial charge in [0.05, 0.1) is 49.8 Å². The van der Waals surface area contributed by atoms with Crippen LogP contribution in [0.4, 0.5) is 0 Å². The van der Waals surface area contributed by atoms with Gasteiger partial charge in [-0.15, -0.1) is 5.10 Å². The Labute approximate surface area is 559 Å². The Morgan fingerprint density at radius 2 is 1.02 bits per heavy atom. The summed E-state index contributed by atoms with van der Waals surface area (Å²) in [5.74, 6) is 1.15. The van der Waals surface area contributed by atoms with Crippen LogP contribution in [-0.2, 0) is 87.3 Å². The summed E-state index contributed by atoms with van der Waals surface area (Å²) in [7, 11) is -8.24. The molecular weight excluding hydrogens is 1280 g/mol. The van der Waals surface area contributed by atoms with E-state index in [0.717, 1.165) is 49.9 Å². The summed E-state index contributed by atoms with van der Waals surface area (Å²) in [6.45, 7) is 10.5. The van der Waals surface area contributed by atoms with Crippen molar-refractivity contribution in [3.63, 3.8) is 0 Å². The lowest BCUT2D eigenvalue weighted by Gasteiger charge is -2.31. The number of benzene rings is 4. The van der Waals surface area contributed by atoms with Gasteiger partial charge in [-0.1, -0.05) is 132 Å². The molecule has 0 aliphatic carbocycles. The fraction of sp³-hybridized carbons (Fsp3) is 0.515. The van der Waals surface area contributed by atoms with Gasteiger partial charge in [0.2, 0.25) is 55.5 Å². The molecule has 96 heavy (non-hydrogen) atoms. The Balaban J connectivity index is 1.14. The van der Waals surface area contributed by atoms with Gasteiger partial charge in [-0.3, -0.25) is 47.8 Å². The standard InChI is InChI=1S/C66H90N14O14S2/c1-65(2,3)35-55(81)77-29-25-53-57(77)63(87)71-50(34-42-22-24-44-16-10-12-18-46(44)32-42)60(84)70-28-14-20-52(62(86)75-96(8,91)92)80-38-48(73-76-80)40-94-54-26-30-78(56(82)36-66(4,5)6)58(54)64(88)72-49(33-41-21-23-43-15-9-11-17-45(43)31-41)59(83)69-27-13-19-51(61(85)74-95(7,89)90)79(68)37-47(67)39-93-53/h9-12,15-18,21-24,31-32,37-38,49-54,57-58H,13-14,19-20,25-30,33-36,39-40,67-68H2,1-8H3,(H,69,83)(H,70,84)(H,71,87)(H,72,88)(H,74,85)(H,75,86)/b47-37-/t49-,50-,51-,52-,53+,54+,57-,58-/m0/s1. The van der Waals surface area contributed by atoms with Crippen molar-refractivity contribution < 1.29 is 64.7 Å². The van der Waals surface area contributed by atoms with Gasteiger partial charge >= 0.3 is 0 Å². The van der Waals surface area contributed by atoms with Crippen molar-refractivity contribution in [2.24, 2.45) is 22.4 Å². The first-order chi connectivity index (χ1) is 45.2. The normalized spacial score (nSPS) is 23.8. The molecule has 28 nitrogen and oxygen atoms in total. The third-order valence-electron chi connectivity index (χ3n) is 16.5. The number of carbonyl (C=O) groups excluding carboxylic acids is 8. The number of hydrogen-bond donors (Lipinski definition) is 8. The summed E-state index contributed by atoms with van der Waals surface area (Å²) in [6.07, 6.45) is 2.37. The number of nitrogens with one attached hydrogen (secondary N) is 6. The van der Waals surface area contributed by atoms with Crippen LogP contribution in [0.5, 0.6) is 0 Å². The lowest BCUT2D eigenvalue weighted by molar-refractivity contribution is -0.144. The molecule has 0 spiro atoms. The topological polar surface area (TPSA) is 388 Å². The van der Waals surface area contributed by atoms with Crippen LogP contribution in [0.1, 0.15) is 116 Å². The number of hydrazine groups is 1. The fourth-order valence-electron chi connectivity index (χ4n) is 12.1. The molecule has 3 aliphatic heterocycles. The van der Waals surface area contributed by atoms with Crippen molar-refractivity contribution in [1.82, 2.24) is 60.5 Å². The molecule has 8 rings (SSSR count).